The number of halogens is 1. The standard InChI is InChI=1S/C18H21FN2O/c1-12-7-8-15(11-16(12)19)13(2)21-18(22)10-9-14-5-3-4-6-17(14)20/h3-8,11,13H,9-10,20H2,1-2H3,(H,21,22). The minimum absolute atomic E-state index is 0.0725. The van der Waals surface area contributed by atoms with E-state index in [-0.39, 0.29) is 17.8 Å². The summed E-state index contributed by atoms with van der Waals surface area (Å²) in [6.45, 7) is 3.56. The van der Waals surface area contributed by atoms with E-state index in [2.05, 4.69) is 5.32 Å². The number of hydrogen-bond donors (Lipinski definition) is 2. The molecule has 22 heavy (non-hydrogen) atoms. The molecule has 0 radical (unpaired) electrons. The molecule has 0 heterocycles. The van der Waals surface area contributed by atoms with Crippen LogP contribution in [0.3, 0.4) is 0 Å². The zero-order valence-electron chi connectivity index (χ0n) is 12.9. The monoisotopic (exact) mass is 300 g/mol. The number of amides is 1. The second-order valence-electron chi connectivity index (χ2n) is 5.50. The molecular formula is C18H21FN2O. The molecule has 3 nitrogen and oxygen atoms in total. The van der Waals surface area contributed by atoms with Gasteiger partial charge in [0.1, 0.15) is 5.82 Å². The highest BCUT2D eigenvalue weighted by Gasteiger charge is 2.11. The lowest BCUT2D eigenvalue weighted by molar-refractivity contribution is -0.121. The maximum Gasteiger partial charge on any atom is 0.220 e. The first-order valence-electron chi connectivity index (χ1n) is 7.36. The van der Waals surface area contributed by atoms with E-state index in [0.29, 0.717) is 24.1 Å². The van der Waals surface area contributed by atoms with Crippen LogP contribution in [-0.4, -0.2) is 5.91 Å². The lowest BCUT2D eigenvalue weighted by Gasteiger charge is -2.15. The number of rotatable bonds is 5. The zero-order valence-corrected chi connectivity index (χ0v) is 12.9. The second-order valence-corrected chi connectivity index (χ2v) is 5.50. The number of aryl methyl sites for hydroxylation is 2. The molecule has 1 amide bonds. The average molecular weight is 300 g/mol. The molecule has 1 unspecified atom stereocenters. The Morgan fingerprint density at radius 3 is 2.68 bits per heavy atom. The summed E-state index contributed by atoms with van der Waals surface area (Å²) < 4.78 is 13.6. The number of nitrogens with one attached hydrogen (secondary N) is 1. The largest absolute Gasteiger partial charge is 0.399 e. The van der Waals surface area contributed by atoms with Gasteiger partial charge in [-0.05, 0) is 49.1 Å². The van der Waals surface area contributed by atoms with Gasteiger partial charge < -0.3 is 11.1 Å². The number of carbonyl (C=O) groups is 1. The summed E-state index contributed by atoms with van der Waals surface area (Å²) in [4.78, 5) is 12.0. The number of nitrogens with two attached hydrogens (primary N) is 1. The number of hydrogen-bond acceptors (Lipinski definition) is 2. The molecule has 0 saturated heterocycles. The molecule has 0 aliphatic carbocycles. The number of anilines is 1. The summed E-state index contributed by atoms with van der Waals surface area (Å²) in [7, 11) is 0. The highest BCUT2D eigenvalue weighted by molar-refractivity contribution is 5.77. The van der Waals surface area contributed by atoms with Crippen molar-refractivity contribution in [3.05, 3.63) is 65.0 Å². The number of benzene rings is 2. The van der Waals surface area contributed by atoms with Gasteiger partial charge in [0.25, 0.3) is 0 Å². The van der Waals surface area contributed by atoms with Crippen molar-refractivity contribution in [1.82, 2.24) is 5.32 Å². The van der Waals surface area contributed by atoms with E-state index in [1.54, 1.807) is 13.0 Å². The summed E-state index contributed by atoms with van der Waals surface area (Å²) in [5.41, 5.74) is 8.88. The van der Waals surface area contributed by atoms with Gasteiger partial charge in [0.15, 0.2) is 0 Å². The van der Waals surface area contributed by atoms with E-state index >= 15 is 0 Å². The third-order valence-corrected chi connectivity index (χ3v) is 3.75. The maximum atomic E-state index is 13.6. The fourth-order valence-corrected chi connectivity index (χ4v) is 2.29. The molecule has 3 N–H and O–H groups in total. The van der Waals surface area contributed by atoms with E-state index in [9.17, 15) is 9.18 Å². The Balaban J connectivity index is 1.91. The summed E-state index contributed by atoms with van der Waals surface area (Å²) >= 11 is 0. The Morgan fingerprint density at radius 2 is 2.00 bits per heavy atom. The predicted molar refractivity (Wildman–Crippen MR) is 86.9 cm³/mol. The molecule has 0 bridgehead atoms. The summed E-state index contributed by atoms with van der Waals surface area (Å²) in [5.74, 6) is -0.326. The van der Waals surface area contributed by atoms with E-state index in [1.807, 2.05) is 37.3 Å². The molecule has 2 rings (SSSR count). The van der Waals surface area contributed by atoms with Crippen LogP contribution in [0, 0.1) is 12.7 Å². The topological polar surface area (TPSA) is 55.1 Å². The fraction of sp³-hybridized carbons (Fsp3) is 0.278. The van der Waals surface area contributed by atoms with Gasteiger partial charge in [0.05, 0.1) is 6.04 Å². The number of nitrogen functional groups attached to an aromatic ring is 1. The summed E-state index contributed by atoms with van der Waals surface area (Å²) in [6.07, 6.45) is 0.945. The smallest absolute Gasteiger partial charge is 0.220 e. The van der Waals surface area contributed by atoms with E-state index in [1.165, 1.54) is 6.07 Å². The average Bonchev–Trinajstić information content (AvgIpc) is 2.49. The second kappa shape index (κ2) is 7.07. The Morgan fingerprint density at radius 1 is 1.27 bits per heavy atom. The Kier molecular flexibility index (Phi) is 5.15. The summed E-state index contributed by atoms with van der Waals surface area (Å²) in [6, 6.07) is 12.3. The third-order valence-electron chi connectivity index (χ3n) is 3.75. The maximum absolute atomic E-state index is 13.6. The van der Waals surface area contributed by atoms with E-state index in [4.69, 9.17) is 5.73 Å². The minimum Gasteiger partial charge on any atom is -0.399 e. The predicted octanol–water partition coefficient (Wildman–Crippen LogP) is 3.53. The minimum atomic E-state index is -0.254. The van der Waals surface area contributed by atoms with Crippen molar-refractivity contribution < 1.29 is 9.18 Å². The van der Waals surface area contributed by atoms with Gasteiger partial charge in [-0.1, -0.05) is 30.3 Å². The molecule has 0 aliphatic heterocycles. The molecule has 0 spiro atoms. The lowest BCUT2D eigenvalue weighted by atomic mass is 10.0. The molecule has 116 valence electrons. The highest BCUT2D eigenvalue weighted by atomic mass is 19.1. The van der Waals surface area contributed by atoms with Gasteiger partial charge in [-0.2, -0.15) is 0 Å². The van der Waals surface area contributed by atoms with Crippen LogP contribution in [0.15, 0.2) is 42.5 Å². The first-order chi connectivity index (χ1) is 10.5. The quantitative estimate of drug-likeness (QED) is 0.830. The first kappa shape index (κ1) is 16.0. The Bertz CT molecular complexity index is 670. The van der Waals surface area contributed by atoms with Crippen molar-refractivity contribution in [3.8, 4) is 0 Å². The van der Waals surface area contributed by atoms with Crippen LogP contribution in [0.25, 0.3) is 0 Å². The van der Waals surface area contributed by atoms with Crippen LogP contribution < -0.4 is 11.1 Å². The van der Waals surface area contributed by atoms with Crippen LogP contribution in [0.1, 0.15) is 36.1 Å². The van der Waals surface area contributed by atoms with Crippen LogP contribution in [0.5, 0.6) is 0 Å². The van der Waals surface area contributed by atoms with Gasteiger partial charge >= 0.3 is 0 Å². The van der Waals surface area contributed by atoms with Crippen LogP contribution in [0.2, 0.25) is 0 Å². The van der Waals surface area contributed by atoms with Gasteiger partial charge in [0, 0.05) is 12.1 Å². The number of carbonyl (C=O) groups excluding carboxylic acids is 1. The molecule has 1 atom stereocenters. The molecular weight excluding hydrogens is 279 g/mol. The first-order valence-corrected chi connectivity index (χ1v) is 7.36. The van der Waals surface area contributed by atoms with Crippen molar-refractivity contribution >= 4 is 11.6 Å². The molecule has 0 saturated carbocycles. The fourth-order valence-electron chi connectivity index (χ4n) is 2.29. The SMILES string of the molecule is Cc1ccc(C(C)NC(=O)CCc2ccccc2N)cc1F. The number of para-hydroxylation sites is 1. The van der Waals surface area contributed by atoms with Crippen LogP contribution >= 0.6 is 0 Å². The molecule has 0 aromatic heterocycles. The molecule has 2 aromatic carbocycles. The van der Waals surface area contributed by atoms with Gasteiger partial charge in [0.2, 0.25) is 5.91 Å². The van der Waals surface area contributed by atoms with Crippen molar-refractivity contribution in [1.29, 1.82) is 0 Å². The molecule has 4 heteroatoms. The highest BCUT2D eigenvalue weighted by Crippen LogP contribution is 2.17. The molecule has 0 fully saturated rings. The van der Waals surface area contributed by atoms with Crippen LogP contribution in [0.4, 0.5) is 10.1 Å². The van der Waals surface area contributed by atoms with Crippen molar-refractivity contribution in [3.63, 3.8) is 0 Å². The Hall–Kier alpha value is -2.36. The third kappa shape index (κ3) is 4.07. The van der Waals surface area contributed by atoms with Crippen molar-refractivity contribution in [2.24, 2.45) is 0 Å². The van der Waals surface area contributed by atoms with Gasteiger partial charge in [-0.25, -0.2) is 4.39 Å². The van der Waals surface area contributed by atoms with E-state index < -0.39 is 0 Å². The normalized spacial score (nSPS) is 12.0. The zero-order chi connectivity index (χ0) is 16.1. The molecule has 0 aliphatic rings. The van der Waals surface area contributed by atoms with Gasteiger partial charge in [-0.3, -0.25) is 4.79 Å². The van der Waals surface area contributed by atoms with E-state index in [0.717, 1.165) is 11.1 Å². The van der Waals surface area contributed by atoms with Crippen molar-refractivity contribution in [2.75, 3.05) is 5.73 Å². The molecule has 2 aromatic rings. The van der Waals surface area contributed by atoms with Crippen molar-refractivity contribution in [2.45, 2.75) is 32.7 Å². The van der Waals surface area contributed by atoms with Gasteiger partial charge in [-0.15, -0.1) is 0 Å². The Labute approximate surface area is 130 Å². The lowest BCUT2D eigenvalue weighted by Crippen LogP contribution is -2.27. The van der Waals surface area contributed by atoms with Crippen LogP contribution in [-0.2, 0) is 11.2 Å². The summed E-state index contributed by atoms with van der Waals surface area (Å²) in [5, 5.41) is 2.89.